The number of nitrogens with zero attached hydrogens (tertiary/aromatic N) is 1. The van der Waals surface area contributed by atoms with Crippen LogP contribution in [0.2, 0.25) is 0 Å². The van der Waals surface area contributed by atoms with Crippen LogP contribution in [0.15, 0.2) is 29.3 Å². The number of hydrogen-bond donors (Lipinski definition) is 3. The average molecular weight is 348 g/mol. The van der Waals surface area contributed by atoms with E-state index in [9.17, 15) is 4.79 Å². The Kier molecular flexibility index (Phi) is 10.3. The number of hydrogen-bond acceptors (Lipinski definition) is 3. The molecule has 0 saturated heterocycles. The molecule has 0 aliphatic rings. The Morgan fingerprint density at radius 3 is 2.76 bits per heavy atom. The third-order valence-corrected chi connectivity index (χ3v) is 3.39. The molecule has 0 atom stereocenters. The summed E-state index contributed by atoms with van der Waals surface area (Å²) in [6.07, 6.45) is 1.45. The Morgan fingerprint density at radius 1 is 1.28 bits per heavy atom. The second kappa shape index (κ2) is 12.3. The summed E-state index contributed by atoms with van der Waals surface area (Å²) in [7, 11) is 1.70. The fourth-order valence-corrected chi connectivity index (χ4v) is 2.27. The molecule has 6 heteroatoms. The summed E-state index contributed by atoms with van der Waals surface area (Å²) in [5.74, 6) is 1.18. The highest BCUT2D eigenvalue weighted by Gasteiger charge is 2.05. The fraction of sp³-hybridized carbons (Fsp3) is 0.579. The van der Waals surface area contributed by atoms with Gasteiger partial charge in [-0.25, -0.2) is 4.99 Å². The minimum atomic E-state index is 0.0452. The van der Waals surface area contributed by atoms with Crippen molar-refractivity contribution >= 4 is 17.6 Å². The minimum absolute atomic E-state index is 0.0452. The molecule has 1 rings (SSSR count). The Balaban J connectivity index is 2.60. The molecule has 0 spiro atoms. The molecule has 0 fully saturated rings. The first-order chi connectivity index (χ1) is 12.0. The summed E-state index contributed by atoms with van der Waals surface area (Å²) in [5.41, 5.74) is 1.87. The number of anilines is 1. The van der Waals surface area contributed by atoms with Crippen LogP contribution in [-0.2, 0) is 16.1 Å². The monoisotopic (exact) mass is 348 g/mol. The van der Waals surface area contributed by atoms with E-state index in [1.807, 2.05) is 45.0 Å². The number of nitrogens with one attached hydrogen (secondary N) is 3. The highest BCUT2D eigenvalue weighted by molar-refractivity contribution is 5.90. The number of rotatable bonds is 10. The van der Waals surface area contributed by atoms with Crippen molar-refractivity contribution in [1.82, 2.24) is 10.6 Å². The van der Waals surface area contributed by atoms with Crippen molar-refractivity contribution in [3.05, 3.63) is 29.8 Å². The molecule has 0 aliphatic carbocycles. The SMILES string of the molecule is CCNC(=NCc1cccc(NC(=O)CC(C)C)c1)NCCCOC. The molecule has 1 aromatic carbocycles. The number of methoxy groups -OCH3 is 1. The Morgan fingerprint density at radius 2 is 2.08 bits per heavy atom. The van der Waals surface area contributed by atoms with E-state index in [-0.39, 0.29) is 5.91 Å². The lowest BCUT2D eigenvalue weighted by molar-refractivity contribution is -0.116. The molecule has 1 aromatic rings. The van der Waals surface area contributed by atoms with Gasteiger partial charge in [-0.05, 0) is 37.0 Å². The molecular weight excluding hydrogens is 316 g/mol. The Labute approximate surface area is 151 Å². The second-order valence-electron chi connectivity index (χ2n) is 6.31. The quantitative estimate of drug-likeness (QED) is 0.345. The number of ether oxygens (including phenoxy) is 1. The van der Waals surface area contributed by atoms with Crippen LogP contribution in [-0.4, -0.2) is 38.7 Å². The first-order valence-corrected chi connectivity index (χ1v) is 8.95. The van der Waals surface area contributed by atoms with Crippen molar-refractivity contribution in [3.63, 3.8) is 0 Å². The number of carbonyl (C=O) groups excluding carboxylic acids is 1. The zero-order valence-electron chi connectivity index (χ0n) is 15.9. The van der Waals surface area contributed by atoms with E-state index in [1.54, 1.807) is 7.11 Å². The molecular formula is C19H32N4O2. The molecule has 6 nitrogen and oxygen atoms in total. The number of carbonyl (C=O) groups is 1. The van der Waals surface area contributed by atoms with Gasteiger partial charge in [0.1, 0.15) is 0 Å². The van der Waals surface area contributed by atoms with E-state index in [0.29, 0.717) is 18.9 Å². The van der Waals surface area contributed by atoms with E-state index in [2.05, 4.69) is 20.9 Å². The molecule has 0 saturated carbocycles. The predicted molar refractivity (Wildman–Crippen MR) is 104 cm³/mol. The van der Waals surface area contributed by atoms with Gasteiger partial charge in [-0.3, -0.25) is 4.79 Å². The van der Waals surface area contributed by atoms with E-state index in [1.165, 1.54) is 0 Å². The van der Waals surface area contributed by atoms with Crippen molar-refractivity contribution in [2.45, 2.75) is 40.2 Å². The van der Waals surface area contributed by atoms with Gasteiger partial charge in [0.2, 0.25) is 5.91 Å². The molecule has 0 radical (unpaired) electrons. The molecule has 25 heavy (non-hydrogen) atoms. The minimum Gasteiger partial charge on any atom is -0.385 e. The number of amides is 1. The topological polar surface area (TPSA) is 74.8 Å². The fourth-order valence-electron chi connectivity index (χ4n) is 2.27. The lowest BCUT2D eigenvalue weighted by atomic mass is 10.1. The summed E-state index contributed by atoms with van der Waals surface area (Å²) in [4.78, 5) is 16.5. The summed E-state index contributed by atoms with van der Waals surface area (Å²) < 4.78 is 5.05. The van der Waals surface area contributed by atoms with Crippen LogP contribution in [0.4, 0.5) is 5.69 Å². The maximum absolute atomic E-state index is 11.9. The zero-order valence-corrected chi connectivity index (χ0v) is 15.9. The number of aliphatic imine (C=N–C) groups is 1. The smallest absolute Gasteiger partial charge is 0.224 e. The zero-order chi connectivity index (χ0) is 18.5. The van der Waals surface area contributed by atoms with Crippen LogP contribution in [0.1, 0.15) is 39.2 Å². The van der Waals surface area contributed by atoms with Gasteiger partial charge in [0.15, 0.2) is 5.96 Å². The number of benzene rings is 1. The van der Waals surface area contributed by atoms with E-state index >= 15 is 0 Å². The number of guanidine groups is 1. The van der Waals surface area contributed by atoms with Crippen LogP contribution in [0.25, 0.3) is 0 Å². The summed E-state index contributed by atoms with van der Waals surface area (Å²) in [6.45, 7) is 9.00. The van der Waals surface area contributed by atoms with Gasteiger partial charge in [0.05, 0.1) is 6.54 Å². The first-order valence-electron chi connectivity index (χ1n) is 8.95. The second-order valence-corrected chi connectivity index (χ2v) is 6.31. The maximum Gasteiger partial charge on any atom is 0.224 e. The van der Waals surface area contributed by atoms with Crippen molar-refractivity contribution < 1.29 is 9.53 Å². The van der Waals surface area contributed by atoms with Crippen LogP contribution in [0, 0.1) is 5.92 Å². The molecule has 0 aromatic heterocycles. The Hall–Kier alpha value is -2.08. The highest BCUT2D eigenvalue weighted by Crippen LogP contribution is 2.13. The molecule has 1 amide bonds. The molecule has 0 unspecified atom stereocenters. The summed E-state index contributed by atoms with van der Waals surface area (Å²) >= 11 is 0. The van der Waals surface area contributed by atoms with Crippen LogP contribution >= 0.6 is 0 Å². The largest absolute Gasteiger partial charge is 0.385 e. The van der Waals surface area contributed by atoms with Crippen LogP contribution in [0.3, 0.4) is 0 Å². The van der Waals surface area contributed by atoms with Crippen molar-refractivity contribution in [3.8, 4) is 0 Å². The van der Waals surface area contributed by atoms with Crippen molar-refractivity contribution in [1.29, 1.82) is 0 Å². The normalized spacial score (nSPS) is 11.5. The third-order valence-electron chi connectivity index (χ3n) is 3.39. The van der Waals surface area contributed by atoms with Crippen LogP contribution < -0.4 is 16.0 Å². The standard InChI is InChI=1S/C19H32N4O2/c1-5-20-19(21-10-7-11-25-4)22-14-16-8-6-9-17(13-16)23-18(24)12-15(2)3/h6,8-9,13,15H,5,7,10-12,14H2,1-4H3,(H,23,24)(H2,20,21,22). The van der Waals surface area contributed by atoms with Gasteiger partial charge in [0.25, 0.3) is 0 Å². The lowest BCUT2D eigenvalue weighted by Crippen LogP contribution is -2.38. The van der Waals surface area contributed by atoms with E-state index in [4.69, 9.17) is 4.74 Å². The maximum atomic E-state index is 11.9. The van der Waals surface area contributed by atoms with Gasteiger partial charge in [0, 0.05) is 38.9 Å². The van der Waals surface area contributed by atoms with Crippen molar-refractivity contribution in [2.24, 2.45) is 10.9 Å². The van der Waals surface area contributed by atoms with Gasteiger partial charge >= 0.3 is 0 Å². The first kappa shape index (κ1) is 21.0. The van der Waals surface area contributed by atoms with Gasteiger partial charge in [-0.15, -0.1) is 0 Å². The Bertz CT molecular complexity index is 544. The third kappa shape index (κ3) is 9.72. The molecule has 3 N–H and O–H groups in total. The molecule has 0 heterocycles. The van der Waals surface area contributed by atoms with E-state index < -0.39 is 0 Å². The molecule has 140 valence electrons. The average Bonchev–Trinajstić information content (AvgIpc) is 2.56. The summed E-state index contributed by atoms with van der Waals surface area (Å²) in [5, 5.41) is 9.45. The van der Waals surface area contributed by atoms with E-state index in [0.717, 1.165) is 43.3 Å². The van der Waals surface area contributed by atoms with Crippen LogP contribution in [0.5, 0.6) is 0 Å². The summed E-state index contributed by atoms with van der Waals surface area (Å²) in [6, 6.07) is 7.82. The van der Waals surface area contributed by atoms with Gasteiger partial charge in [-0.1, -0.05) is 26.0 Å². The van der Waals surface area contributed by atoms with Gasteiger partial charge in [-0.2, -0.15) is 0 Å². The van der Waals surface area contributed by atoms with Gasteiger partial charge < -0.3 is 20.7 Å². The molecule has 0 aliphatic heterocycles. The predicted octanol–water partition coefficient (Wildman–Crippen LogP) is 2.76. The van der Waals surface area contributed by atoms with Crippen molar-refractivity contribution in [2.75, 3.05) is 32.1 Å². The lowest BCUT2D eigenvalue weighted by Gasteiger charge is -2.11. The molecule has 0 bridgehead atoms. The highest BCUT2D eigenvalue weighted by atomic mass is 16.5.